The predicted octanol–water partition coefficient (Wildman–Crippen LogP) is 2.37. The smallest absolute Gasteiger partial charge is 0.373 e. The van der Waals surface area contributed by atoms with Gasteiger partial charge in [0.1, 0.15) is 18.7 Å². The van der Waals surface area contributed by atoms with E-state index >= 15 is 0 Å². The molecule has 8 nitrogen and oxygen atoms in total. The molecule has 0 saturated carbocycles. The first kappa shape index (κ1) is 15.2. The normalized spacial score (nSPS) is 10.0. The molecule has 0 amide bonds. The van der Waals surface area contributed by atoms with Gasteiger partial charge in [-0.3, -0.25) is 14.9 Å². The number of hydrogen-bond acceptors (Lipinski definition) is 7. The quantitative estimate of drug-likeness (QED) is 0.349. The van der Waals surface area contributed by atoms with Crippen molar-refractivity contribution in [3.8, 4) is 5.75 Å². The summed E-state index contributed by atoms with van der Waals surface area (Å²) in [6, 6.07) is 6.75. The van der Waals surface area contributed by atoms with E-state index in [0.29, 0.717) is 12.0 Å². The first-order valence-electron chi connectivity index (χ1n) is 6.08. The van der Waals surface area contributed by atoms with Gasteiger partial charge in [-0.15, -0.1) is 0 Å². The van der Waals surface area contributed by atoms with Crippen LogP contribution in [0.4, 0.5) is 5.69 Å². The van der Waals surface area contributed by atoms with E-state index in [1.165, 1.54) is 31.4 Å². The van der Waals surface area contributed by atoms with Crippen LogP contribution in [0, 0.1) is 10.1 Å². The van der Waals surface area contributed by atoms with Crippen LogP contribution < -0.4 is 4.74 Å². The van der Waals surface area contributed by atoms with E-state index in [2.05, 4.69) is 4.74 Å². The summed E-state index contributed by atoms with van der Waals surface area (Å²) in [6.07, 6.45) is 0.506. The summed E-state index contributed by atoms with van der Waals surface area (Å²) in [4.78, 5) is 32.2. The number of carbonyl (C=O) groups excluding carboxylic acids is 2. The highest BCUT2D eigenvalue weighted by atomic mass is 16.6. The monoisotopic (exact) mass is 305 g/mol. The minimum absolute atomic E-state index is 0.00639. The summed E-state index contributed by atoms with van der Waals surface area (Å²) in [5.41, 5.74) is -0.158. The van der Waals surface area contributed by atoms with Crippen molar-refractivity contribution in [2.75, 3.05) is 7.11 Å². The minimum atomic E-state index is -0.648. The van der Waals surface area contributed by atoms with Crippen molar-refractivity contribution < 1.29 is 28.4 Å². The van der Waals surface area contributed by atoms with Crippen molar-refractivity contribution in [3.05, 3.63) is 57.5 Å². The molecule has 0 aliphatic heterocycles. The molecule has 1 aromatic carbocycles. The van der Waals surface area contributed by atoms with Crippen molar-refractivity contribution in [1.82, 2.24) is 0 Å². The number of rotatable bonds is 6. The van der Waals surface area contributed by atoms with E-state index in [0.717, 1.165) is 6.07 Å². The fourth-order valence-electron chi connectivity index (χ4n) is 1.69. The van der Waals surface area contributed by atoms with Crippen LogP contribution in [0.2, 0.25) is 0 Å². The van der Waals surface area contributed by atoms with Gasteiger partial charge in [0.2, 0.25) is 5.76 Å². The Morgan fingerprint density at radius 1 is 1.36 bits per heavy atom. The third kappa shape index (κ3) is 3.29. The average Bonchev–Trinajstić information content (AvgIpc) is 3.00. The highest BCUT2D eigenvalue weighted by Gasteiger charge is 2.17. The van der Waals surface area contributed by atoms with Crippen LogP contribution in [0.15, 0.2) is 34.7 Å². The van der Waals surface area contributed by atoms with Crippen LogP contribution in [-0.2, 0) is 11.3 Å². The first-order chi connectivity index (χ1) is 10.5. The second-order valence-electron chi connectivity index (χ2n) is 4.15. The zero-order chi connectivity index (χ0) is 16.1. The van der Waals surface area contributed by atoms with Crippen LogP contribution in [0.3, 0.4) is 0 Å². The summed E-state index contributed by atoms with van der Waals surface area (Å²) >= 11 is 0. The largest absolute Gasteiger partial charge is 0.479 e. The number of benzene rings is 1. The number of furan rings is 1. The van der Waals surface area contributed by atoms with E-state index in [9.17, 15) is 19.7 Å². The van der Waals surface area contributed by atoms with Crippen molar-refractivity contribution in [3.63, 3.8) is 0 Å². The maximum absolute atomic E-state index is 11.2. The van der Waals surface area contributed by atoms with Crippen LogP contribution >= 0.6 is 0 Å². The number of nitro benzene ring substituents is 1. The Bertz CT molecular complexity index is 720. The fourth-order valence-corrected chi connectivity index (χ4v) is 1.69. The first-order valence-corrected chi connectivity index (χ1v) is 6.08. The Morgan fingerprint density at radius 3 is 2.77 bits per heavy atom. The van der Waals surface area contributed by atoms with E-state index in [-0.39, 0.29) is 29.4 Å². The topological polar surface area (TPSA) is 109 Å². The summed E-state index contributed by atoms with van der Waals surface area (Å²) in [5.74, 6) is -0.333. The van der Waals surface area contributed by atoms with Crippen LogP contribution in [0.25, 0.3) is 0 Å². The SMILES string of the molecule is COC(=O)c1ccc(COc2ccc(C=O)cc2[N+](=O)[O-])o1. The van der Waals surface area contributed by atoms with Crippen molar-refractivity contribution >= 4 is 17.9 Å². The highest BCUT2D eigenvalue weighted by Crippen LogP contribution is 2.28. The zero-order valence-electron chi connectivity index (χ0n) is 11.5. The molecule has 0 N–H and O–H groups in total. The Hall–Kier alpha value is -3.16. The maximum Gasteiger partial charge on any atom is 0.373 e. The molecule has 8 heteroatoms. The van der Waals surface area contributed by atoms with Gasteiger partial charge in [0.05, 0.1) is 12.0 Å². The van der Waals surface area contributed by atoms with Gasteiger partial charge in [0, 0.05) is 11.6 Å². The maximum atomic E-state index is 11.2. The lowest BCUT2D eigenvalue weighted by Crippen LogP contribution is -2.00. The Labute approximate surface area is 124 Å². The van der Waals surface area contributed by atoms with Crippen LogP contribution in [-0.4, -0.2) is 24.3 Å². The van der Waals surface area contributed by atoms with E-state index in [4.69, 9.17) is 9.15 Å². The molecule has 0 saturated heterocycles. The molecule has 0 aliphatic carbocycles. The average molecular weight is 305 g/mol. The third-order valence-corrected chi connectivity index (χ3v) is 2.73. The fraction of sp³-hybridized carbons (Fsp3) is 0.143. The second kappa shape index (κ2) is 6.53. The molecule has 1 heterocycles. The summed E-state index contributed by atoms with van der Waals surface area (Å²) in [6.45, 7) is -0.113. The summed E-state index contributed by atoms with van der Waals surface area (Å²) in [5, 5.41) is 11.0. The Morgan fingerprint density at radius 2 is 2.14 bits per heavy atom. The van der Waals surface area contributed by atoms with Gasteiger partial charge in [-0.25, -0.2) is 4.79 Å². The molecule has 0 atom stereocenters. The summed E-state index contributed by atoms with van der Waals surface area (Å²) < 4.78 is 15.0. The van der Waals surface area contributed by atoms with Crippen LogP contribution in [0.5, 0.6) is 5.75 Å². The molecule has 0 aliphatic rings. The molecule has 2 rings (SSSR count). The lowest BCUT2D eigenvalue weighted by molar-refractivity contribution is -0.386. The van der Waals surface area contributed by atoms with Crippen LogP contribution in [0.1, 0.15) is 26.7 Å². The molecule has 0 unspecified atom stereocenters. The molecule has 0 spiro atoms. The van der Waals surface area contributed by atoms with Crippen molar-refractivity contribution in [2.24, 2.45) is 0 Å². The number of carbonyl (C=O) groups is 2. The Kier molecular flexibility index (Phi) is 4.52. The van der Waals surface area contributed by atoms with Gasteiger partial charge >= 0.3 is 11.7 Å². The number of aldehydes is 1. The molecular formula is C14H11NO7. The van der Waals surface area contributed by atoms with E-state index < -0.39 is 10.9 Å². The summed E-state index contributed by atoms with van der Waals surface area (Å²) in [7, 11) is 1.22. The van der Waals surface area contributed by atoms with Crippen molar-refractivity contribution in [2.45, 2.75) is 6.61 Å². The number of methoxy groups -OCH3 is 1. The molecule has 0 bridgehead atoms. The van der Waals surface area contributed by atoms with E-state index in [1.807, 2.05) is 0 Å². The third-order valence-electron chi connectivity index (χ3n) is 2.73. The number of nitro groups is 1. The Balaban J connectivity index is 2.14. The van der Waals surface area contributed by atoms with E-state index in [1.54, 1.807) is 0 Å². The lowest BCUT2D eigenvalue weighted by Gasteiger charge is -2.05. The standard InChI is InChI=1S/C14H11NO7/c1-20-14(17)13-5-3-10(22-13)8-21-12-4-2-9(7-16)6-11(12)15(18)19/h2-7H,8H2,1H3. The van der Waals surface area contributed by atoms with Gasteiger partial charge < -0.3 is 13.9 Å². The molecule has 0 radical (unpaired) electrons. The predicted molar refractivity (Wildman–Crippen MR) is 72.9 cm³/mol. The highest BCUT2D eigenvalue weighted by molar-refractivity contribution is 5.86. The second-order valence-corrected chi connectivity index (χ2v) is 4.15. The van der Waals surface area contributed by atoms with Gasteiger partial charge in [-0.1, -0.05) is 0 Å². The van der Waals surface area contributed by atoms with Crippen molar-refractivity contribution in [1.29, 1.82) is 0 Å². The number of hydrogen-bond donors (Lipinski definition) is 0. The zero-order valence-corrected chi connectivity index (χ0v) is 11.5. The minimum Gasteiger partial charge on any atom is -0.479 e. The molecule has 0 fully saturated rings. The molecule has 22 heavy (non-hydrogen) atoms. The van der Waals surface area contributed by atoms with Gasteiger partial charge in [-0.2, -0.15) is 0 Å². The number of nitrogens with zero attached hydrogens (tertiary/aromatic N) is 1. The number of ether oxygens (including phenoxy) is 2. The van der Waals surface area contributed by atoms with Gasteiger partial charge in [0.15, 0.2) is 5.75 Å². The molecule has 1 aromatic heterocycles. The lowest BCUT2D eigenvalue weighted by atomic mass is 10.2. The molecule has 114 valence electrons. The molecule has 2 aromatic rings. The van der Waals surface area contributed by atoms with Gasteiger partial charge in [-0.05, 0) is 24.3 Å². The van der Waals surface area contributed by atoms with Gasteiger partial charge in [0.25, 0.3) is 0 Å². The molecular weight excluding hydrogens is 294 g/mol. The number of esters is 1.